The standard InChI is InChI=1S/C21H19NO6/c1-28-19(26)20(11-13-7-3-2-4-8-13)12-16(18(24)25)21(27)15-10-6-5-9-14(15)17(23)22(20)21/h2-10,16,27H,11-12H2,1H3,(H,24,25)/t16-,20-,21+/m1/s1. The van der Waals surface area contributed by atoms with Gasteiger partial charge in [0.1, 0.15) is 11.5 Å². The topological polar surface area (TPSA) is 104 Å². The quantitative estimate of drug-likeness (QED) is 0.779. The van der Waals surface area contributed by atoms with Gasteiger partial charge in [-0.25, -0.2) is 4.79 Å². The number of hydrogen-bond donors (Lipinski definition) is 2. The van der Waals surface area contributed by atoms with Crippen molar-refractivity contribution in [3.05, 3.63) is 71.3 Å². The molecule has 0 spiro atoms. The molecule has 2 N–H and O–H groups in total. The second-order valence-corrected chi connectivity index (χ2v) is 7.19. The lowest BCUT2D eigenvalue weighted by Crippen LogP contribution is -2.58. The number of nitrogens with zero attached hydrogens (tertiary/aromatic N) is 1. The van der Waals surface area contributed by atoms with Gasteiger partial charge in [-0.3, -0.25) is 14.5 Å². The van der Waals surface area contributed by atoms with E-state index in [0.29, 0.717) is 0 Å². The number of rotatable bonds is 4. The highest BCUT2D eigenvalue weighted by Gasteiger charge is 2.71. The van der Waals surface area contributed by atoms with E-state index in [9.17, 15) is 24.6 Å². The maximum absolute atomic E-state index is 13.2. The van der Waals surface area contributed by atoms with Gasteiger partial charge in [-0.05, 0) is 11.6 Å². The Morgan fingerprint density at radius 2 is 1.79 bits per heavy atom. The van der Waals surface area contributed by atoms with E-state index in [1.54, 1.807) is 36.4 Å². The number of aliphatic carboxylic acids is 1. The number of amides is 1. The van der Waals surface area contributed by atoms with Crippen LogP contribution in [0.3, 0.4) is 0 Å². The van der Waals surface area contributed by atoms with Gasteiger partial charge in [-0.15, -0.1) is 0 Å². The molecular weight excluding hydrogens is 362 g/mol. The van der Waals surface area contributed by atoms with Gasteiger partial charge >= 0.3 is 11.9 Å². The molecule has 1 fully saturated rings. The van der Waals surface area contributed by atoms with Crippen LogP contribution in [0.1, 0.15) is 27.9 Å². The Morgan fingerprint density at radius 1 is 1.14 bits per heavy atom. The van der Waals surface area contributed by atoms with Crippen molar-refractivity contribution in [1.29, 1.82) is 0 Å². The number of methoxy groups -OCH3 is 1. The molecule has 4 rings (SSSR count). The van der Waals surface area contributed by atoms with Gasteiger partial charge < -0.3 is 14.9 Å². The summed E-state index contributed by atoms with van der Waals surface area (Å²) >= 11 is 0. The highest BCUT2D eigenvalue weighted by molar-refractivity contribution is 6.05. The molecule has 2 heterocycles. The zero-order valence-electron chi connectivity index (χ0n) is 15.2. The van der Waals surface area contributed by atoms with Gasteiger partial charge in [0.2, 0.25) is 0 Å². The van der Waals surface area contributed by atoms with E-state index in [0.717, 1.165) is 10.5 Å². The summed E-state index contributed by atoms with van der Waals surface area (Å²) in [5.74, 6) is -3.98. The number of benzene rings is 2. The van der Waals surface area contributed by atoms with Gasteiger partial charge in [0.15, 0.2) is 5.72 Å². The number of carboxylic acids is 1. The number of esters is 1. The summed E-state index contributed by atoms with van der Waals surface area (Å²) in [7, 11) is 1.19. The second kappa shape index (κ2) is 6.17. The van der Waals surface area contributed by atoms with Crippen LogP contribution >= 0.6 is 0 Å². The summed E-state index contributed by atoms with van der Waals surface area (Å²) in [5.41, 5.74) is -2.64. The molecule has 0 aliphatic carbocycles. The van der Waals surface area contributed by atoms with Crippen LogP contribution in [0, 0.1) is 5.92 Å². The average Bonchev–Trinajstić information content (AvgIpc) is 3.10. The van der Waals surface area contributed by atoms with E-state index in [-0.39, 0.29) is 24.0 Å². The van der Waals surface area contributed by atoms with Gasteiger partial charge in [-0.2, -0.15) is 0 Å². The van der Waals surface area contributed by atoms with E-state index in [1.807, 2.05) is 6.07 Å². The summed E-state index contributed by atoms with van der Waals surface area (Å²) in [5, 5.41) is 21.4. The van der Waals surface area contributed by atoms with E-state index in [4.69, 9.17) is 4.74 Å². The Kier molecular flexibility index (Phi) is 4.01. The van der Waals surface area contributed by atoms with E-state index in [2.05, 4.69) is 0 Å². The molecule has 0 bridgehead atoms. The first-order valence-electron chi connectivity index (χ1n) is 8.88. The first-order chi connectivity index (χ1) is 13.4. The minimum atomic E-state index is -2.12. The second-order valence-electron chi connectivity index (χ2n) is 7.19. The fourth-order valence-corrected chi connectivity index (χ4v) is 4.60. The molecule has 144 valence electrons. The third-order valence-corrected chi connectivity index (χ3v) is 5.76. The molecule has 2 aliphatic rings. The minimum absolute atomic E-state index is 0.0341. The molecule has 7 nitrogen and oxygen atoms in total. The third kappa shape index (κ3) is 2.23. The number of carboxylic acid groups (broad SMARTS) is 1. The first-order valence-corrected chi connectivity index (χ1v) is 8.88. The van der Waals surface area contributed by atoms with Crippen molar-refractivity contribution in [2.75, 3.05) is 7.11 Å². The molecule has 7 heteroatoms. The summed E-state index contributed by atoms with van der Waals surface area (Å²) in [6.45, 7) is 0. The predicted octanol–water partition coefficient (Wildman–Crippen LogP) is 1.55. The predicted molar refractivity (Wildman–Crippen MR) is 97.1 cm³/mol. The first kappa shape index (κ1) is 18.2. The largest absolute Gasteiger partial charge is 0.481 e. The lowest BCUT2D eigenvalue weighted by molar-refractivity contribution is -0.169. The maximum Gasteiger partial charge on any atom is 0.332 e. The summed E-state index contributed by atoms with van der Waals surface area (Å²) < 4.78 is 5.00. The van der Waals surface area contributed by atoms with Crippen molar-refractivity contribution in [2.45, 2.75) is 24.1 Å². The SMILES string of the molecule is COC(=O)[C@@]1(Cc2ccccc2)C[C@H](C(=O)O)[C@@]2(O)c3ccccc3C(=O)N12. The number of carbonyl (C=O) groups is 3. The van der Waals surface area contributed by atoms with E-state index in [1.165, 1.54) is 19.2 Å². The summed E-state index contributed by atoms with van der Waals surface area (Å²) in [6.07, 6.45) is -0.215. The number of fused-ring (bicyclic) bond motifs is 3. The molecule has 28 heavy (non-hydrogen) atoms. The van der Waals surface area contributed by atoms with Gasteiger partial charge in [0.05, 0.1) is 7.11 Å². The molecule has 1 saturated heterocycles. The summed E-state index contributed by atoms with van der Waals surface area (Å²) in [4.78, 5) is 39.3. The number of carbonyl (C=O) groups excluding carboxylic acids is 2. The zero-order chi connectivity index (χ0) is 20.1. The molecule has 2 aliphatic heterocycles. The van der Waals surface area contributed by atoms with Crippen LogP contribution in [0.5, 0.6) is 0 Å². The molecule has 0 radical (unpaired) electrons. The molecule has 3 atom stereocenters. The number of hydrogen-bond acceptors (Lipinski definition) is 5. The van der Waals surface area contributed by atoms with E-state index < -0.39 is 35.0 Å². The Labute approximate surface area is 161 Å². The smallest absolute Gasteiger partial charge is 0.332 e. The van der Waals surface area contributed by atoms with E-state index >= 15 is 0 Å². The van der Waals surface area contributed by atoms with Gasteiger partial charge in [0.25, 0.3) is 5.91 Å². The van der Waals surface area contributed by atoms with Crippen LogP contribution in [0.4, 0.5) is 0 Å². The fourth-order valence-electron chi connectivity index (χ4n) is 4.60. The van der Waals surface area contributed by atoms with Crippen molar-refractivity contribution < 1.29 is 29.3 Å². The van der Waals surface area contributed by atoms with Crippen LogP contribution in [-0.2, 0) is 26.5 Å². The highest BCUT2D eigenvalue weighted by atomic mass is 16.5. The Bertz CT molecular complexity index is 974. The third-order valence-electron chi connectivity index (χ3n) is 5.76. The Morgan fingerprint density at radius 3 is 2.43 bits per heavy atom. The van der Waals surface area contributed by atoms with Crippen molar-refractivity contribution in [3.8, 4) is 0 Å². The minimum Gasteiger partial charge on any atom is -0.481 e. The van der Waals surface area contributed by atoms with Crippen molar-refractivity contribution in [2.24, 2.45) is 5.92 Å². The molecule has 0 unspecified atom stereocenters. The van der Waals surface area contributed by atoms with Crippen LogP contribution < -0.4 is 0 Å². The molecule has 2 aromatic rings. The monoisotopic (exact) mass is 381 g/mol. The number of aliphatic hydroxyl groups is 1. The van der Waals surface area contributed by atoms with Crippen LogP contribution in [0.15, 0.2) is 54.6 Å². The Hall–Kier alpha value is -3.19. The van der Waals surface area contributed by atoms with Crippen LogP contribution in [-0.4, -0.2) is 45.6 Å². The van der Waals surface area contributed by atoms with Gasteiger partial charge in [0, 0.05) is 24.0 Å². The van der Waals surface area contributed by atoms with Crippen molar-refractivity contribution in [3.63, 3.8) is 0 Å². The highest BCUT2D eigenvalue weighted by Crippen LogP contribution is 2.56. The van der Waals surface area contributed by atoms with Crippen molar-refractivity contribution >= 4 is 17.8 Å². The normalized spacial score (nSPS) is 28.0. The van der Waals surface area contributed by atoms with Crippen LogP contribution in [0.2, 0.25) is 0 Å². The molecule has 2 aromatic carbocycles. The van der Waals surface area contributed by atoms with Crippen LogP contribution in [0.25, 0.3) is 0 Å². The molecular formula is C21H19NO6. The fraction of sp³-hybridized carbons (Fsp3) is 0.286. The molecule has 1 amide bonds. The lowest BCUT2D eigenvalue weighted by atomic mass is 9.82. The molecule has 0 saturated carbocycles. The molecule has 0 aromatic heterocycles. The van der Waals surface area contributed by atoms with Gasteiger partial charge in [-0.1, -0.05) is 48.5 Å². The number of ether oxygens (including phenoxy) is 1. The summed E-state index contributed by atoms with van der Waals surface area (Å²) in [6, 6.07) is 15.3. The lowest BCUT2D eigenvalue weighted by Gasteiger charge is -2.39. The average molecular weight is 381 g/mol. The maximum atomic E-state index is 13.2. The van der Waals surface area contributed by atoms with Crippen molar-refractivity contribution in [1.82, 2.24) is 4.90 Å². The zero-order valence-corrected chi connectivity index (χ0v) is 15.2. The Balaban J connectivity index is 1.95.